The number of aliphatic hydroxyl groups excluding tert-OH is 11. The molecule has 3 aliphatic rings. The molecular weight excluding hydrogens is 552 g/mol. The van der Waals surface area contributed by atoms with E-state index in [2.05, 4.69) is 5.32 Å². The third-order valence-corrected chi connectivity index (χ3v) is 7.33. The van der Waals surface area contributed by atoms with Crippen LogP contribution in [0.5, 0.6) is 0 Å². The fraction of sp³-hybridized carbons (Fsp3) is 0.952. The highest BCUT2D eigenvalue weighted by Gasteiger charge is 2.53. The van der Waals surface area contributed by atoms with Crippen molar-refractivity contribution in [3.8, 4) is 0 Å². The van der Waals surface area contributed by atoms with Crippen LogP contribution in [0, 0.1) is 0 Å². The standard InChI is InChI=1S/C21H38N2O17/c22-7-11(29)10(28)5(2-25)37-20(7)39-17-6(3-26)38-21(16(34)15(17)33)40-18(19(35)36)14(32)13(31)8-12(30)9(27)4(1-24)23-8/h4-18,20-21,23-34H,1-3,22H2,(H,35,36). The molecule has 40 heavy (non-hydrogen) atoms. The molecule has 3 aliphatic heterocycles. The molecular formula is C21H38N2O17. The summed E-state index contributed by atoms with van der Waals surface area (Å²) in [5, 5.41) is 123. The zero-order valence-corrected chi connectivity index (χ0v) is 20.9. The zero-order valence-electron chi connectivity index (χ0n) is 20.9. The second-order valence-corrected chi connectivity index (χ2v) is 9.93. The number of aliphatic carboxylic acids is 1. The lowest BCUT2D eigenvalue weighted by atomic mass is 9.95. The van der Waals surface area contributed by atoms with Crippen LogP contribution in [0.3, 0.4) is 0 Å². The van der Waals surface area contributed by atoms with E-state index in [0.29, 0.717) is 0 Å². The molecule has 0 aliphatic carbocycles. The summed E-state index contributed by atoms with van der Waals surface area (Å²) >= 11 is 0. The topological polar surface area (TPSA) is 335 Å². The van der Waals surface area contributed by atoms with E-state index in [-0.39, 0.29) is 0 Å². The summed E-state index contributed by atoms with van der Waals surface area (Å²) in [6, 6.07) is -4.01. The molecule has 17 atom stereocenters. The van der Waals surface area contributed by atoms with E-state index in [4.69, 9.17) is 24.7 Å². The molecule has 19 nitrogen and oxygen atoms in total. The Hall–Kier alpha value is -1.21. The van der Waals surface area contributed by atoms with Crippen molar-refractivity contribution >= 4 is 5.97 Å². The maximum absolute atomic E-state index is 11.9. The monoisotopic (exact) mass is 590 g/mol. The van der Waals surface area contributed by atoms with E-state index in [1.807, 2.05) is 0 Å². The highest BCUT2D eigenvalue weighted by molar-refractivity contribution is 5.73. The molecule has 0 spiro atoms. The summed E-state index contributed by atoms with van der Waals surface area (Å²) < 4.78 is 21.3. The van der Waals surface area contributed by atoms with Crippen LogP contribution in [0.1, 0.15) is 0 Å². The fourth-order valence-electron chi connectivity index (χ4n) is 4.89. The number of hydrogen-bond donors (Lipinski definition) is 14. The van der Waals surface area contributed by atoms with Crippen molar-refractivity contribution < 1.29 is 85.0 Å². The molecule has 0 amide bonds. The minimum Gasteiger partial charge on any atom is -0.479 e. The number of hydrogen-bond acceptors (Lipinski definition) is 18. The van der Waals surface area contributed by atoms with Crippen LogP contribution in [-0.4, -0.2) is 191 Å². The Morgan fingerprint density at radius 2 is 1.40 bits per heavy atom. The summed E-state index contributed by atoms with van der Waals surface area (Å²) in [7, 11) is 0. The minimum atomic E-state index is -2.35. The van der Waals surface area contributed by atoms with Crippen LogP contribution in [0.25, 0.3) is 0 Å². The molecule has 0 saturated carbocycles. The van der Waals surface area contributed by atoms with Crippen LogP contribution in [0.15, 0.2) is 0 Å². The van der Waals surface area contributed by atoms with Gasteiger partial charge in [0, 0.05) is 0 Å². The van der Waals surface area contributed by atoms with E-state index in [1.54, 1.807) is 0 Å². The Bertz CT molecular complexity index is 824. The molecule has 0 aromatic rings. The number of ether oxygens (including phenoxy) is 4. The predicted molar refractivity (Wildman–Crippen MR) is 123 cm³/mol. The van der Waals surface area contributed by atoms with Crippen LogP contribution in [0.2, 0.25) is 0 Å². The highest BCUT2D eigenvalue weighted by atomic mass is 16.7. The van der Waals surface area contributed by atoms with Crippen LogP contribution in [0.4, 0.5) is 0 Å². The third-order valence-electron chi connectivity index (χ3n) is 7.33. The first-order valence-corrected chi connectivity index (χ1v) is 12.4. The van der Waals surface area contributed by atoms with Gasteiger partial charge in [0.2, 0.25) is 0 Å². The second-order valence-electron chi connectivity index (χ2n) is 9.93. The van der Waals surface area contributed by atoms with Crippen molar-refractivity contribution in [1.82, 2.24) is 5.32 Å². The molecule has 3 saturated heterocycles. The quantitative estimate of drug-likeness (QED) is 0.106. The van der Waals surface area contributed by atoms with Crippen LogP contribution >= 0.6 is 0 Å². The molecule has 3 rings (SSSR count). The van der Waals surface area contributed by atoms with Gasteiger partial charge in [-0.3, -0.25) is 0 Å². The first kappa shape index (κ1) is 33.3. The molecule has 0 aromatic carbocycles. The number of rotatable bonds is 11. The minimum absolute atomic E-state index is 0.654. The van der Waals surface area contributed by atoms with Crippen molar-refractivity contribution in [3.63, 3.8) is 0 Å². The summed E-state index contributed by atoms with van der Waals surface area (Å²) in [5.74, 6) is -1.87. The SMILES string of the molecule is NC1C(OC2C(CO)OC(OC(C(=O)O)C(O)C(O)C3NC(CO)C(O)C3O)C(O)C2O)OC(CO)C(O)C1O. The number of carboxylic acids is 1. The molecule has 19 heteroatoms. The number of nitrogens with two attached hydrogens (primary N) is 1. The van der Waals surface area contributed by atoms with Crippen LogP contribution < -0.4 is 11.1 Å². The van der Waals surface area contributed by atoms with Gasteiger partial charge in [-0.05, 0) is 0 Å². The fourth-order valence-corrected chi connectivity index (χ4v) is 4.89. The maximum Gasteiger partial charge on any atom is 0.335 e. The van der Waals surface area contributed by atoms with E-state index >= 15 is 0 Å². The Kier molecular flexibility index (Phi) is 11.5. The first-order valence-electron chi connectivity index (χ1n) is 12.4. The van der Waals surface area contributed by atoms with Gasteiger partial charge in [-0.25, -0.2) is 4.79 Å². The van der Waals surface area contributed by atoms with Crippen LogP contribution in [-0.2, 0) is 23.7 Å². The Morgan fingerprint density at radius 3 is 1.93 bits per heavy atom. The van der Waals surface area contributed by atoms with Crippen molar-refractivity contribution in [3.05, 3.63) is 0 Å². The van der Waals surface area contributed by atoms with Gasteiger partial charge in [0.25, 0.3) is 0 Å². The third kappa shape index (κ3) is 6.55. The number of carboxylic acid groups (broad SMARTS) is 1. The summed E-state index contributed by atoms with van der Waals surface area (Å²) in [4.78, 5) is 11.9. The molecule has 3 fully saturated rings. The van der Waals surface area contributed by atoms with Gasteiger partial charge in [-0.1, -0.05) is 0 Å². The lowest BCUT2D eigenvalue weighted by Crippen LogP contribution is -2.67. The Balaban J connectivity index is 1.72. The second kappa shape index (κ2) is 13.8. The molecule has 17 unspecified atom stereocenters. The van der Waals surface area contributed by atoms with E-state index < -0.39 is 130 Å². The van der Waals surface area contributed by atoms with Crippen molar-refractivity contribution in [2.75, 3.05) is 19.8 Å². The maximum atomic E-state index is 11.9. The molecule has 234 valence electrons. The number of nitrogens with one attached hydrogen (secondary N) is 1. The molecule has 15 N–H and O–H groups in total. The van der Waals surface area contributed by atoms with E-state index in [0.717, 1.165) is 0 Å². The zero-order chi connectivity index (χ0) is 30.0. The van der Waals surface area contributed by atoms with Gasteiger partial charge in [0.05, 0.1) is 50.2 Å². The number of aliphatic hydroxyl groups is 11. The summed E-state index contributed by atoms with van der Waals surface area (Å²) in [6.45, 7) is -2.31. The largest absolute Gasteiger partial charge is 0.479 e. The van der Waals surface area contributed by atoms with Gasteiger partial charge in [-0.15, -0.1) is 0 Å². The molecule has 3 heterocycles. The average molecular weight is 591 g/mol. The summed E-state index contributed by atoms with van der Waals surface area (Å²) in [5.41, 5.74) is 5.81. The Morgan fingerprint density at radius 1 is 0.800 bits per heavy atom. The highest BCUT2D eigenvalue weighted by Crippen LogP contribution is 2.30. The van der Waals surface area contributed by atoms with E-state index in [9.17, 15) is 66.1 Å². The van der Waals surface area contributed by atoms with Gasteiger partial charge in [0.15, 0.2) is 18.7 Å². The van der Waals surface area contributed by atoms with Crippen molar-refractivity contribution in [1.29, 1.82) is 0 Å². The molecule has 0 aromatic heterocycles. The lowest BCUT2D eigenvalue weighted by molar-refractivity contribution is -0.352. The van der Waals surface area contributed by atoms with Gasteiger partial charge >= 0.3 is 5.97 Å². The van der Waals surface area contributed by atoms with Gasteiger partial charge < -0.3 is 91.3 Å². The molecule has 0 radical (unpaired) electrons. The smallest absolute Gasteiger partial charge is 0.335 e. The predicted octanol–water partition coefficient (Wildman–Crippen LogP) is -9.18. The average Bonchev–Trinajstić information content (AvgIpc) is 3.22. The normalized spacial score (nSPS) is 46.6. The number of carbonyl (C=O) groups is 1. The lowest BCUT2D eigenvalue weighted by Gasteiger charge is -2.46. The molecule has 0 bridgehead atoms. The summed E-state index contributed by atoms with van der Waals surface area (Å²) in [6.07, 6.45) is -25.5. The van der Waals surface area contributed by atoms with Gasteiger partial charge in [-0.2, -0.15) is 0 Å². The van der Waals surface area contributed by atoms with Crippen molar-refractivity contribution in [2.24, 2.45) is 5.73 Å². The van der Waals surface area contributed by atoms with Crippen molar-refractivity contribution in [2.45, 2.75) is 104 Å². The first-order chi connectivity index (χ1) is 18.8. The van der Waals surface area contributed by atoms with E-state index in [1.165, 1.54) is 0 Å². The van der Waals surface area contributed by atoms with Gasteiger partial charge in [0.1, 0.15) is 54.9 Å². The Labute approximate surface area is 226 Å².